The molecule has 2 aliphatic rings. The van der Waals surface area contributed by atoms with Crippen molar-refractivity contribution in [1.29, 1.82) is 0 Å². The second-order valence-corrected chi connectivity index (χ2v) is 9.39. The van der Waals surface area contributed by atoms with E-state index in [-0.39, 0.29) is 36.9 Å². The van der Waals surface area contributed by atoms with Gasteiger partial charge >= 0.3 is 0 Å². The Hall–Kier alpha value is -3.23. The lowest BCUT2D eigenvalue weighted by atomic mass is 9.90. The molecule has 2 fully saturated rings. The van der Waals surface area contributed by atoms with Crippen LogP contribution in [-0.4, -0.2) is 60.5 Å². The molecular weight excluding hydrogens is 444 g/mol. The smallest absolute Gasteiger partial charge is 0.261 e. The van der Waals surface area contributed by atoms with E-state index in [2.05, 4.69) is 5.32 Å². The maximum Gasteiger partial charge on any atom is 0.261 e. The molecule has 3 amide bonds. The molecule has 2 aliphatic heterocycles. The zero-order valence-electron chi connectivity index (χ0n) is 20.8. The number of hydrogen-bond donors (Lipinski definition) is 1. The Morgan fingerprint density at radius 3 is 2.26 bits per heavy atom. The maximum atomic E-state index is 13.6. The Kier molecular flexibility index (Phi) is 7.52. The van der Waals surface area contributed by atoms with E-state index in [9.17, 15) is 14.4 Å². The first kappa shape index (κ1) is 24.9. The van der Waals surface area contributed by atoms with Crippen molar-refractivity contribution < 1.29 is 19.2 Å². The molecule has 2 aromatic carbocycles. The summed E-state index contributed by atoms with van der Waals surface area (Å²) in [6.45, 7) is 4.21. The average molecular weight is 479 g/mol. The van der Waals surface area contributed by atoms with Crippen LogP contribution in [0.4, 0.5) is 5.69 Å². The van der Waals surface area contributed by atoms with Gasteiger partial charge in [0.2, 0.25) is 11.8 Å². The number of nitrogens with zero attached hydrogens (tertiary/aromatic N) is 3. The van der Waals surface area contributed by atoms with Crippen molar-refractivity contribution in [1.82, 2.24) is 15.3 Å². The van der Waals surface area contributed by atoms with E-state index >= 15 is 0 Å². The molecule has 0 saturated carbocycles. The number of hydroxylamine groups is 2. The fourth-order valence-corrected chi connectivity index (χ4v) is 4.84. The number of carbonyl (C=O) groups excluding carboxylic acids is 3. The Morgan fingerprint density at radius 1 is 1.00 bits per heavy atom. The summed E-state index contributed by atoms with van der Waals surface area (Å²) in [6.07, 6.45) is 0.718. The molecule has 186 valence electrons. The number of anilines is 1. The van der Waals surface area contributed by atoms with Gasteiger partial charge in [0.25, 0.3) is 5.91 Å². The normalized spacial score (nSPS) is 22.1. The van der Waals surface area contributed by atoms with Gasteiger partial charge in [-0.25, -0.2) is 0 Å². The fourth-order valence-electron chi connectivity index (χ4n) is 4.84. The Morgan fingerprint density at radius 2 is 1.66 bits per heavy atom. The summed E-state index contributed by atoms with van der Waals surface area (Å²) < 4.78 is 0. The van der Waals surface area contributed by atoms with Crippen LogP contribution in [-0.2, 0) is 25.8 Å². The molecule has 0 spiro atoms. The minimum absolute atomic E-state index is 0.0527. The Bertz CT molecular complexity index is 1050. The first-order chi connectivity index (χ1) is 16.8. The van der Waals surface area contributed by atoms with Gasteiger partial charge < -0.3 is 10.2 Å². The van der Waals surface area contributed by atoms with Crippen LogP contribution in [0.15, 0.2) is 54.6 Å². The van der Waals surface area contributed by atoms with Gasteiger partial charge in [0.05, 0.1) is 18.5 Å². The van der Waals surface area contributed by atoms with E-state index in [1.807, 2.05) is 87.4 Å². The standard InChI is InChI=1S/C27H34N4O4/c1-5-20(6-2)28-22(32)17-31-24(19-12-14-21(15-13-19)29(3)4)23-25(35-31)27(34)30(26(23)33)16-18-10-8-7-9-11-18/h7-15,20,23-25H,5-6,16-17H2,1-4H3,(H,28,32). The number of likely N-dealkylation sites (tertiary alicyclic amines) is 1. The van der Waals surface area contributed by atoms with Crippen LogP contribution in [0.1, 0.15) is 43.9 Å². The zero-order chi connectivity index (χ0) is 25.1. The number of imide groups is 1. The third-order valence-electron chi connectivity index (χ3n) is 6.87. The Balaban J connectivity index is 1.61. The summed E-state index contributed by atoms with van der Waals surface area (Å²) in [5, 5.41) is 4.54. The van der Waals surface area contributed by atoms with Crippen LogP contribution in [0.5, 0.6) is 0 Å². The van der Waals surface area contributed by atoms with E-state index in [1.165, 1.54) is 9.96 Å². The maximum absolute atomic E-state index is 13.6. The van der Waals surface area contributed by atoms with Crippen LogP contribution in [0.3, 0.4) is 0 Å². The molecule has 4 rings (SSSR count). The zero-order valence-corrected chi connectivity index (χ0v) is 20.8. The van der Waals surface area contributed by atoms with Crippen LogP contribution in [0, 0.1) is 5.92 Å². The molecule has 2 saturated heterocycles. The molecular formula is C27H34N4O4. The minimum atomic E-state index is -0.939. The largest absolute Gasteiger partial charge is 0.378 e. The molecule has 8 nitrogen and oxygen atoms in total. The van der Waals surface area contributed by atoms with Gasteiger partial charge in [0.15, 0.2) is 6.10 Å². The van der Waals surface area contributed by atoms with E-state index in [4.69, 9.17) is 4.84 Å². The molecule has 35 heavy (non-hydrogen) atoms. The van der Waals surface area contributed by atoms with Gasteiger partial charge in [-0.15, -0.1) is 0 Å². The molecule has 3 unspecified atom stereocenters. The van der Waals surface area contributed by atoms with E-state index < -0.39 is 18.1 Å². The molecule has 0 radical (unpaired) electrons. The Labute approximate surface area is 206 Å². The van der Waals surface area contributed by atoms with Gasteiger partial charge in [-0.2, -0.15) is 5.06 Å². The third-order valence-corrected chi connectivity index (χ3v) is 6.87. The number of nitrogens with one attached hydrogen (secondary N) is 1. The lowest BCUT2D eigenvalue weighted by Gasteiger charge is -2.28. The molecule has 2 aromatic rings. The number of rotatable bonds is 9. The summed E-state index contributed by atoms with van der Waals surface area (Å²) in [4.78, 5) is 49.0. The van der Waals surface area contributed by atoms with Gasteiger partial charge in [-0.3, -0.25) is 24.1 Å². The van der Waals surface area contributed by atoms with Gasteiger partial charge in [0, 0.05) is 25.8 Å². The first-order valence-electron chi connectivity index (χ1n) is 12.2. The van der Waals surface area contributed by atoms with Crippen LogP contribution >= 0.6 is 0 Å². The molecule has 0 aromatic heterocycles. The molecule has 8 heteroatoms. The highest BCUT2D eigenvalue weighted by atomic mass is 16.7. The number of fused-ring (bicyclic) bond motifs is 1. The summed E-state index contributed by atoms with van der Waals surface area (Å²) in [6, 6.07) is 16.8. The second-order valence-electron chi connectivity index (χ2n) is 9.39. The molecule has 2 heterocycles. The van der Waals surface area contributed by atoms with Crippen LogP contribution < -0.4 is 10.2 Å². The van der Waals surface area contributed by atoms with E-state index in [1.54, 1.807) is 0 Å². The summed E-state index contributed by atoms with van der Waals surface area (Å²) in [7, 11) is 3.91. The highest BCUT2D eigenvalue weighted by Gasteiger charge is 2.59. The summed E-state index contributed by atoms with van der Waals surface area (Å²) >= 11 is 0. The molecule has 0 aliphatic carbocycles. The van der Waals surface area contributed by atoms with Gasteiger partial charge in [-0.05, 0) is 36.1 Å². The topological polar surface area (TPSA) is 82.2 Å². The molecule has 3 atom stereocenters. The second kappa shape index (κ2) is 10.6. The van der Waals surface area contributed by atoms with E-state index in [0.717, 1.165) is 29.7 Å². The summed E-state index contributed by atoms with van der Waals surface area (Å²) in [5.74, 6) is -1.53. The third kappa shape index (κ3) is 5.09. The minimum Gasteiger partial charge on any atom is -0.378 e. The van der Waals surface area contributed by atoms with Crippen molar-refractivity contribution in [3.05, 3.63) is 65.7 Å². The number of amides is 3. The highest BCUT2D eigenvalue weighted by molar-refractivity contribution is 6.07. The van der Waals surface area contributed by atoms with Crippen molar-refractivity contribution >= 4 is 23.4 Å². The van der Waals surface area contributed by atoms with Crippen molar-refractivity contribution in [2.45, 2.75) is 51.4 Å². The molecule has 1 N–H and O–H groups in total. The quantitative estimate of drug-likeness (QED) is 0.558. The lowest BCUT2D eigenvalue weighted by molar-refractivity contribution is -0.183. The lowest BCUT2D eigenvalue weighted by Crippen LogP contribution is -2.43. The number of benzene rings is 2. The van der Waals surface area contributed by atoms with Crippen molar-refractivity contribution in [2.24, 2.45) is 5.92 Å². The van der Waals surface area contributed by atoms with Crippen molar-refractivity contribution in [3.63, 3.8) is 0 Å². The van der Waals surface area contributed by atoms with Crippen molar-refractivity contribution in [2.75, 3.05) is 25.5 Å². The number of hydrogen-bond acceptors (Lipinski definition) is 6. The predicted molar refractivity (Wildman–Crippen MR) is 133 cm³/mol. The fraction of sp³-hybridized carbons (Fsp3) is 0.444. The predicted octanol–water partition coefficient (Wildman–Crippen LogP) is 2.90. The van der Waals surface area contributed by atoms with Gasteiger partial charge in [-0.1, -0.05) is 56.3 Å². The van der Waals surface area contributed by atoms with Gasteiger partial charge in [0.1, 0.15) is 6.54 Å². The van der Waals surface area contributed by atoms with E-state index in [0.29, 0.717) is 0 Å². The van der Waals surface area contributed by atoms with Crippen LogP contribution in [0.2, 0.25) is 0 Å². The highest BCUT2D eigenvalue weighted by Crippen LogP contribution is 2.45. The van der Waals surface area contributed by atoms with Crippen LogP contribution in [0.25, 0.3) is 0 Å². The number of carbonyl (C=O) groups is 3. The first-order valence-corrected chi connectivity index (χ1v) is 12.2. The van der Waals surface area contributed by atoms with Crippen molar-refractivity contribution in [3.8, 4) is 0 Å². The summed E-state index contributed by atoms with van der Waals surface area (Å²) in [5.41, 5.74) is 2.73. The average Bonchev–Trinajstić information content (AvgIpc) is 3.33. The molecule has 0 bridgehead atoms. The SMILES string of the molecule is CCC(CC)NC(=O)CN1OC2C(=O)N(Cc3ccccc3)C(=O)C2C1c1ccc(N(C)C)cc1. The monoisotopic (exact) mass is 478 g/mol.